The number of aromatic nitrogens is 4. The zero-order valence-corrected chi connectivity index (χ0v) is 17.1. The molecule has 7 heteroatoms. The number of nitrogens with zero attached hydrogens (tertiary/aromatic N) is 4. The Morgan fingerprint density at radius 1 is 1.20 bits per heavy atom. The Labute approximate surface area is 174 Å². The molecule has 30 heavy (non-hydrogen) atoms. The Hall–Kier alpha value is -3.48. The summed E-state index contributed by atoms with van der Waals surface area (Å²) in [5, 5.41) is 2.99. The van der Waals surface area contributed by atoms with Crippen molar-refractivity contribution in [3.63, 3.8) is 0 Å². The molecule has 4 aromatic rings. The molecule has 0 fully saturated rings. The molecule has 3 heterocycles. The Balaban J connectivity index is 1.55. The van der Waals surface area contributed by atoms with Crippen molar-refractivity contribution >= 4 is 11.6 Å². The average molecular weight is 405 g/mol. The molecule has 1 aromatic carbocycles. The maximum atomic E-state index is 13.8. The van der Waals surface area contributed by atoms with Gasteiger partial charge >= 0.3 is 0 Å². The molecule has 0 aliphatic carbocycles. The summed E-state index contributed by atoms with van der Waals surface area (Å²) >= 11 is 0. The Morgan fingerprint density at radius 2 is 2.07 bits per heavy atom. The lowest BCUT2D eigenvalue weighted by molar-refractivity contribution is -0.120. The number of benzene rings is 1. The highest BCUT2D eigenvalue weighted by Gasteiger charge is 2.18. The first-order valence-corrected chi connectivity index (χ1v) is 9.98. The van der Waals surface area contributed by atoms with E-state index in [9.17, 15) is 9.18 Å². The van der Waals surface area contributed by atoms with Gasteiger partial charge in [-0.2, -0.15) is 0 Å². The molecule has 0 unspecified atom stereocenters. The number of nitrogens with one attached hydrogen (secondary N) is 1. The third-order valence-corrected chi connectivity index (χ3v) is 5.10. The van der Waals surface area contributed by atoms with Crippen LogP contribution in [-0.2, 0) is 17.8 Å². The van der Waals surface area contributed by atoms with Crippen molar-refractivity contribution in [2.24, 2.45) is 0 Å². The van der Waals surface area contributed by atoms with E-state index in [2.05, 4.69) is 10.3 Å². The van der Waals surface area contributed by atoms with Gasteiger partial charge in [0.15, 0.2) is 0 Å². The maximum Gasteiger partial charge on any atom is 0.226 e. The summed E-state index contributed by atoms with van der Waals surface area (Å²) in [5.74, 6) is -0.320. The van der Waals surface area contributed by atoms with Crippen molar-refractivity contribution in [3.8, 4) is 11.3 Å². The van der Waals surface area contributed by atoms with Crippen molar-refractivity contribution in [1.29, 1.82) is 0 Å². The summed E-state index contributed by atoms with van der Waals surface area (Å²) in [6.07, 6.45) is 8.40. The molecule has 3 aromatic heterocycles. The van der Waals surface area contributed by atoms with Crippen LogP contribution in [0.5, 0.6) is 0 Å². The smallest absolute Gasteiger partial charge is 0.226 e. The maximum absolute atomic E-state index is 13.8. The summed E-state index contributed by atoms with van der Waals surface area (Å²) in [6, 6.07) is 8.85. The molecule has 0 saturated carbocycles. The monoisotopic (exact) mass is 405 g/mol. The van der Waals surface area contributed by atoms with Crippen LogP contribution in [0.15, 0.2) is 55.2 Å². The Morgan fingerprint density at radius 3 is 2.83 bits per heavy atom. The minimum atomic E-state index is -0.254. The molecule has 0 atom stereocenters. The highest BCUT2D eigenvalue weighted by atomic mass is 19.1. The molecule has 0 radical (unpaired) electrons. The first kappa shape index (κ1) is 19.8. The van der Waals surface area contributed by atoms with Gasteiger partial charge < -0.3 is 14.3 Å². The number of hydrogen-bond acceptors (Lipinski definition) is 3. The molecule has 0 bridgehead atoms. The zero-order chi connectivity index (χ0) is 21.1. The molecule has 0 aliphatic heterocycles. The van der Waals surface area contributed by atoms with Gasteiger partial charge in [-0.1, -0.05) is 6.07 Å². The van der Waals surface area contributed by atoms with E-state index in [1.54, 1.807) is 31.6 Å². The van der Waals surface area contributed by atoms with E-state index < -0.39 is 0 Å². The van der Waals surface area contributed by atoms with Crippen LogP contribution in [0.3, 0.4) is 0 Å². The molecule has 154 valence electrons. The predicted molar refractivity (Wildman–Crippen MR) is 114 cm³/mol. The van der Waals surface area contributed by atoms with Gasteiger partial charge in [0.05, 0.1) is 24.1 Å². The minimum absolute atomic E-state index is 0.0657. The van der Waals surface area contributed by atoms with E-state index in [1.807, 2.05) is 40.4 Å². The van der Waals surface area contributed by atoms with E-state index in [0.29, 0.717) is 17.8 Å². The number of imidazole rings is 2. The van der Waals surface area contributed by atoms with E-state index in [-0.39, 0.29) is 18.1 Å². The van der Waals surface area contributed by atoms with Crippen LogP contribution in [0.2, 0.25) is 0 Å². The fraction of sp³-hybridized carbons (Fsp3) is 0.261. The number of aryl methyl sites for hydroxylation is 3. The normalized spacial score (nSPS) is 11.2. The van der Waals surface area contributed by atoms with Gasteiger partial charge in [-0.15, -0.1) is 0 Å². The SMILES string of the molecule is Cc1ccc2nc(-c3ccc(F)c(C)c3)c(CC(=O)NCCCn3ccnc3)n2c1. The topological polar surface area (TPSA) is 64.2 Å². The molecule has 1 N–H and O–H groups in total. The van der Waals surface area contributed by atoms with Crippen LogP contribution in [0.4, 0.5) is 4.39 Å². The Kier molecular flexibility index (Phi) is 5.61. The fourth-order valence-corrected chi connectivity index (χ4v) is 3.51. The molecule has 1 amide bonds. The van der Waals surface area contributed by atoms with Crippen molar-refractivity contribution < 1.29 is 9.18 Å². The quantitative estimate of drug-likeness (QED) is 0.477. The molecule has 0 saturated heterocycles. The van der Waals surface area contributed by atoms with Crippen molar-refractivity contribution in [3.05, 3.63) is 77.9 Å². The third-order valence-electron chi connectivity index (χ3n) is 5.10. The molecule has 4 rings (SSSR count). The Bertz CT molecular complexity index is 1180. The third kappa shape index (κ3) is 4.25. The van der Waals surface area contributed by atoms with Gasteiger partial charge in [-0.25, -0.2) is 14.4 Å². The summed E-state index contributed by atoms with van der Waals surface area (Å²) in [5.41, 5.74) is 4.70. The number of fused-ring (bicyclic) bond motifs is 1. The van der Waals surface area contributed by atoms with E-state index >= 15 is 0 Å². The van der Waals surface area contributed by atoms with Crippen molar-refractivity contribution in [2.75, 3.05) is 6.54 Å². The van der Waals surface area contributed by atoms with E-state index in [0.717, 1.165) is 35.4 Å². The van der Waals surface area contributed by atoms with E-state index in [1.165, 1.54) is 6.07 Å². The van der Waals surface area contributed by atoms with E-state index in [4.69, 9.17) is 4.98 Å². The first-order valence-electron chi connectivity index (χ1n) is 9.98. The lowest BCUT2D eigenvalue weighted by Crippen LogP contribution is -2.27. The van der Waals surface area contributed by atoms with Crippen LogP contribution >= 0.6 is 0 Å². The van der Waals surface area contributed by atoms with Crippen LogP contribution < -0.4 is 5.32 Å². The number of amides is 1. The lowest BCUT2D eigenvalue weighted by Gasteiger charge is -2.09. The number of halogens is 1. The number of carbonyl (C=O) groups is 1. The largest absolute Gasteiger partial charge is 0.356 e. The van der Waals surface area contributed by atoms with Gasteiger partial charge in [-0.05, 0) is 55.7 Å². The van der Waals surface area contributed by atoms with Crippen LogP contribution in [-0.4, -0.2) is 31.4 Å². The van der Waals surface area contributed by atoms with Gasteiger partial charge in [0, 0.05) is 37.2 Å². The molecule has 0 spiro atoms. The second-order valence-electron chi connectivity index (χ2n) is 7.49. The molecule has 0 aliphatic rings. The fourth-order valence-electron chi connectivity index (χ4n) is 3.51. The first-order chi connectivity index (χ1) is 14.5. The highest BCUT2D eigenvalue weighted by Crippen LogP contribution is 2.27. The zero-order valence-electron chi connectivity index (χ0n) is 17.1. The standard InChI is InChI=1S/C23H24FN5O/c1-16-4-7-21-27-23(18-5-6-19(24)17(2)12-18)20(29(21)14-16)13-22(30)26-8-3-10-28-11-9-25-15-28/h4-7,9,11-12,14-15H,3,8,10,13H2,1-2H3,(H,26,30). The van der Waals surface area contributed by atoms with Crippen molar-refractivity contribution in [1.82, 2.24) is 24.3 Å². The van der Waals surface area contributed by atoms with Crippen LogP contribution in [0.1, 0.15) is 23.2 Å². The second kappa shape index (κ2) is 8.49. The van der Waals surface area contributed by atoms with Gasteiger partial charge in [-0.3, -0.25) is 4.79 Å². The number of hydrogen-bond donors (Lipinski definition) is 1. The summed E-state index contributed by atoms with van der Waals surface area (Å²) < 4.78 is 17.7. The lowest BCUT2D eigenvalue weighted by atomic mass is 10.1. The van der Waals surface area contributed by atoms with Gasteiger partial charge in [0.2, 0.25) is 5.91 Å². The van der Waals surface area contributed by atoms with Gasteiger partial charge in [0.1, 0.15) is 11.5 Å². The number of carbonyl (C=O) groups excluding carboxylic acids is 1. The second-order valence-corrected chi connectivity index (χ2v) is 7.49. The molecule has 6 nitrogen and oxygen atoms in total. The minimum Gasteiger partial charge on any atom is -0.356 e. The van der Waals surface area contributed by atoms with Gasteiger partial charge in [0.25, 0.3) is 0 Å². The average Bonchev–Trinajstić information content (AvgIpc) is 3.36. The highest BCUT2D eigenvalue weighted by molar-refractivity contribution is 5.81. The number of pyridine rings is 1. The summed E-state index contributed by atoms with van der Waals surface area (Å²) in [7, 11) is 0. The predicted octanol–water partition coefficient (Wildman–Crippen LogP) is 3.70. The van der Waals surface area contributed by atoms with Crippen LogP contribution in [0.25, 0.3) is 16.9 Å². The summed E-state index contributed by atoms with van der Waals surface area (Å²) in [6.45, 7) is 5.11. The molecular weight excluding hydrogens is 381 g/mol. The number of rotatable bonds is 7. The van der Waals surface area contributed by atoms with Crippen LogP contribution in [0, 0.1) is 19.7 Å². The molecular formula is C23H24FN5O. The van der Waals surface area contributed by atoms with Crippen molar-refractivity contribution in [2.45, 2.75) is 33.2 Å². The summed E-state index contributed by atoms with van der Waals surface area (Å²) in [4.78, 5) is 21.4.